The second-order valence-corrected chi connectivity index (χ2v) is 2.34. The standard InChI is InChI=1S/C6H6FN2/c7-5-3-8-9-6(5)4-1-2-4/h4H,1-2H2,(H,8,9). The Morgan fingerprint density at radius 1 is 1.67 bits per heavy atom. The number of hydrogen-bond donors (Lipinski definition) is 1. The summed E-state index contributed by atoms with van der Waals surface area (Å²) >= 11 is 0. The maximum absolute atomic E-state index is 12.5. The SMILES string of the molecule is Fc1[c]n[nH]c1C1CC1. The summed E-state index contributed by atoms with van der Waals surface area (Å²) < 4.78 is 12.5. The van der Waals surface area contributed by atoms with E-state index < -0.39 is 0 Å². The van der Waals surface area contributed by atoms with Gasteiger partial charge >= 0.3 is 0 Å². The fourth-order valence-corrected chi connectivity index (χ4v) is 0.889. The number of rotatable bonds is 1. The lowest BCUT2D eigenvalue weighted by molar-refractivity contribution is 0.609. The molecule has 1 radical (unpaired) electrons. The summed E-state index contributed by atoms with van der Waals surface area (Å²) in [5, 5.41) is 6.04. The average molecular weight is 125 g/mol. The molecule has 0 aromatic carbocycles. The van der Waals surface area contributed by atoms with Crippen LogP contribution in [0.15, 0.2) is 0 Å². The molecular weight excluding hydrogens is 119 g/mol. The van der Waals surface area contributed by atoms with Crippen molar-refractivity contribution in [2.45, 2.75) is 18.8 Å². The minimum absolute atomic E-state index is 0.308. The van der Waals surface area contributed by atoms with Crippen LogP contribution in [0.3, 0.4) is 0 Å². The molecule has 0 unspecified atom stereocenters. The number of aromatic nitrogens is 2. The topological polar surface area (TPSA) is 28.7 Å². The van der Waals surface area contributed by atoms with Crippen LogP contribution in [0, 0.1) is 12.0 Å². The van der Waals surface area contributed by atoms with Gasteiger partial charge in [0.1, 0.15) is 0 Å². The molecule has 0 bridgehead atoms. The van der Waals surface area contributed by atoms with Crippen LogP contribution in [-0.4, -0.2) is 10.2 Å². The molecule has 1 heterocycles. The van der Waals surface area contributed by atoms with Crippen LogP contribution in [0.25, 0.3) is 0 Å². The monoisotopic (exact) mass is 125 g/mol. The highest BCUT2D eigenvalue weighted by molar-refractivity contribution is 5.13. The highest BCUT2D eigenvalue weighted by atomic mass is 19.1. The molecule has 1 aliphatic carbocycles. The van der Waals surface area contributed by atoms with Crippen molar-refractivity contribution in [3.63, 3.8) is 0 Å². The molecule has 3 heteroatoms. The summed E-state index contributed by atoms with van der Waals surface area (Å²) in [6.45, 7) is 0. The Bertz CT molecular complexity index is 215. The fourth-order valence-electron chi connectivity index (χ4n) is 0.889. The van der Waals surface area contributed by atoms with E-state index in [-0.39, 0.29) is 5.82 Å². The zero-order valence-corrected chi connectivity index (χ0v) is 4.82. The Kier molecular flexibility index (Phi) is 0.860. The first-order chi connectivity index (χ1) is 4.38. The molecule has 0 amide bonds. The second kappa shape index (κ2) is 1.56. The first kappa shape index (κ1) is 4.97. The zero-order valence-electron chi connectivity index (χ0n) is 4.82. The van der Waals surface area contributed by atoms with E-state index >= 15 is 0 Å². The molecule has 47 valence electrons. The number of nitrogens with zero attached hydrogens (tertiary/aromatic N) is 1. The highest BCUT2D eigenvalue weighted by Crippen LogP contribution is 2.39. The molecule has 0 saturated heterocycles. The van der Waals surface area contributed by atoms with Gasteiger partial charge in [-0.15, -0.1) is 0 Å². The summed E-state index contributed by atoms with van der Waals surface area (Å²) in [5.41, 5.74) is 0.634. The van der Waals surface area contributed by atoms with Crippen LogP contribution >= 0.6 is 0 Å². The molecule has 1 saturated carbocycles. The van der Waals surface area contributed by atoms with Gasteiger partial charge in [0.05, 0.1) is 5.69 Å². The normalized spacial score (nSPS) is 18.3. The van der Waals surface area contributed by atoms with Crippen LogP contribution in [0.1, 0.15) is 24.5 Å². The van der Waals surface area contributed by atoms with E-state index in [2.05, 4.69) is 16.4 Å². The quantitative estimate of drug-likeness (QED) is 0.600. The Morgan fingerprint density at radius 2 is 2.44 bits per heavy atom. The van der Waals surface area contributed by atoms with Crippen molar-refractivity contribution in [2.75, 3.05) is 0 Å². The van der Waals surface area contributed by atoms with Gasteiger partial charge in [-0.2, -0.15) is 5.10 Å². The summed E-state index contributed by atoms with van der Waals surface area (Å²) in [6.07, 6.45) is 4.40. The van der Waals surface area contributed by atoms with Gasteiger partial charge in [0.15, 0.2) is 12.0 Å². The van der Waals surface area contributed by atoms with Gasteiger partial charge in [-0.05, 0) is 12.8 Å². The molecule has 1 aromatic heterocycles. The minimum atomic E-state index is -0.308. The van der Waals surface area contributed by atoms with Gasteiger partial charge in [-0.25, -0.2) is 4.39 Å². The number of hydrogen-bond acceptors (Lipinski definition) is 1. The van der Waals surface area contributed by atoms with Crippen LogP contribution in [0.5, 0.6) is 0 Å². The Balaban J connectivity index is 2.35. The van der Waals surface area contributed by atoms with E-state index in [1.54, 1.807) is 0 Å². The van der Waals surface area contributed by atoms with Gasteiger partial charge in [-0.3, -0.25) is 5.10 Å². The summed E-state index contributed by atoms with van der Waals surface area (Å²) in [5.74, 6) is 0.0984. The third-order valence-corrected chi connectivity index (χ3v) is 1.55. The lowest BCUT2D eigenvalue weighted by atomic mass is 10.3. The lowest BCUT2D eigenvalue weighted by Crippen LogP contribution is -1.81. The number of aromatic amines is 1. The molecular formula is C6H6FN2. The predicted octanol–water partition coefficient (Wildman–Crippen LogP) is 1.23. The van der Waals surface area contributed by atoms with Gasteiger partial charge < -0.3 is 0 Å². The van der Waals surface area contributed by atoms with Crippen LogP contribution in [0.2, 0.25) is 0 Å². The molecule has 0 atom stereocenters. The Labute approximate surface area is 52.1 Å². The number of halogens is 1. The van der Waals surface area contributed by atoms with Gasteiger partial charge in [0.2, 0.25) is 0 Å². The van der Waals surface area contributed by atoms with E-state index in [1.165, 1.54) is 0 Å². The third kappa shape index (κ3) is 0.724. The molecule has 2 nitrogen and oxygen atoms in total. The van der Waals surface area contributed by atoms with E-state index in [0.29, 0.717) is 11.6 Å². The van der Waals surface area contributed by atoms with Crippen molar-refractivity contribution in [1.82, 2.24) is 10.2 Å². The maximum Gasteiger partial charge on any atom is 0.174 e. The Hall–Kier alpha value is -0.860. The van der Waals surface area contributed by atoms with E-state index in [1.807, 2.05) is 0 Å². The first-order valence-corrected chi connectivity index (χ1v) is 2.99. The molecule has 9 heavy (non-hydrogen) atoms. The van der Waals surface area contributed by atoms with Crippen molar-refractivity contribution in [2.24, 2.45) is 0 Å². The molecule has 1 N–H and O–H groups in total. The van der Waals surface area contributed by atoms with E-state index in [0.717, 1.165) is 12.8 Å². The molecule has 1 aliphatic rings. The highest BCUT2D eigenvalue weighted by Gasteiger charge is 2.27. The van der Waals surface area contributed by atoms with Crippen LogP contribution in [0.4, 0.5) is 4.39 Å². The summed E-state index contributed by atoms with van der Waals surface area (Å²) in [4.78, 5) is 0. The molecule has 1 aromatic rings. The fraction of sp³-hybridized carbons (Fsp3) is 0.500. The van der Waals surface area contributed by atoms with Crippen molar-refractivity contribution in [1.29, 1.82) is 0 Å². The third-order valence-electron chi connectivity index (χ3n) is 1.55. The molecule has 0 spiro atoms. The first-order valence-electron chi connectivity index (χ1n) is 2.99. The molecule has 2 rings (SSSR count). The van der Waals surface area contributed by atoms with Crippen molar-refractivity contribution in [3.8, 4) is 0 Å². The predicted molar refractivity (Wildman–Crippen MR) is 29.4 cm³/mol. The van der Waals surface area contributed by atoms with Crippen molar-refractivity contribution in [3.05, 3.63) is 17.7 Å². The van der Waals surface area contributed by atoms with Gasteiger partial charge in [0.25, 0.3) is 0 Å². The van der Waals surface area contributed by atoms with Gasteiger partial charge in [-0.1, -0.05) is 0 Å². The Morgan fingerprint density at radius 3 is 2.89 bits per heavy atom. The number of H-pyrrole nitrogens is 1. The molecule has 1 fully saturated rings. The zero-order chi connectivity index (χ0) is 6.27. The summed E-state index contributed by atoms with van der Waals surface area (Å²) in [6, 6.07) is 0. The van der Waals surface area contributed by atoms with Crippen molar-refractivity contribution >= 4 is 0 Å². The van der Waals surface area contributed by atoms with Crippen LogP contribution < -0.4 is 0 Å². The van der Waals surface area contributed by atoms with Gasteiger partial charge in [0, 0.05) is 5.92 Å². The number of nitrogens with one attached hydrogen (secondary N) is 1. The van der Waals surface area contributed by atoms with E-state index in [9.17, 15) is 4.39 Å². The average Bonchev–Trinajstić information content (AvgIpc) is 2.58. The van der Waals surface area contributed by atoms with Crippen molar-refractivity contribution < 1.29 is 4.39 Å². The molecule has 0 aliphatic heterocycles. The summed E-state index contributed by atoms with van der Waals surface area (Å²) in [7, 11) is 0. The lowest BCUT2D eigenvalue weighted by Gasteiger charge is -1.86. The largest absolute Gasteiger partial charge is 0.279 e. The maximum atomic E-state index is 12.5. The van der Waals surface area contributed by atoms with Crippen LogP contribution in [-0.2, 0) is 0 Å². The van der Waals surface area contributed by atoms with E-state index in [4.69, 9.17) is 0 Å². The smallest absolute Gasteiger partial charge is 0.174 e. The minimum Gasteiger partial charge on any atom is -0.279 e. The second-order valence-electron chi connectivity index (χ2n) is 2.34.